The van der Waals surface area contributed by atoms with E-state index in [4.69, 9.17) is 0 Å². The van der Waals surface area contributed by atoms with Crippen molar-refractivity contribution < 1.29 is 15.0 Å². The Bertz CT molecular complexity index is 1250. The second-order valence-corrected chi connectivity index (χ2v) is 7.17. The second kappa shape index (κ2) is 7.34. The van der Waals surface area contributed by atoms with Crippen molar-refractivity contribution >= 4 is 23.2 Å². The van der Waals surface area contributed by atoms with Crippen molar-refractivity contribution in [1.29, 1.82) is 0 Å². The molecule has 2 aromatic heterocycles. The number of hydrogen-bond acceptors (Lipinski definition) is 6. The maximum absolute atomic E-state index is 13.1. The van der Waals surface area contributed by atoms with Crippen molar-refractivity contribution in [1.82, 2.24) is 23.6 Å². The highest BCUT2D eigenvalue weighted by molar-refractivity contribution is 5.78. The van der Waals surface area contributed by atoms with Gasteiger partial charge in [0, 0.05) is 45.8 Å². The highest BCUT2D eigenvalue weighted by Gasteiger charge is 2.28. The number of fused-ring (bicyclic) bond motifs is 1. The Hall–Kier alpha value is -3.60. The van der Waals surface area contributed by atoms with E-state index in [-0.39, 0.29) is 30.9 Å². The first-order chi connectivity index (χ1) is 14.3. The van der Waals surface area contributed by atoms with Gasteiger partial charge in [0.1, 0.15) is 0 Å². The number of benzene rings is 1. The van der Waals surface area contributed by atoms with Gasteiger partial charge in [-0.05, 0) is 6.07 Å². The number of rotatable bonds is 3. The van der Waals surface area contributed by atoms with Gasteiger partial charge in [-0.2, -0.15) is 4.98 Å². The summed E-state index contributed by atoms with van der Waals surface area (Å²) in [5, 5.41) is 19.1. The number of aryl methyl sites for hydroxylation is 1. The number of piperazine rings is 1. The topological polar surface area (TPSA) is 126 Å². The zero-order valence-electron chi connectivity index (χ0n) is 16.6. The van der Waals surface area contributed by atoms with E-state index in [1.807, 2.05) is 4.90 Å². The van der Waals surface area contributed by atoms with Gasteiger partial charge < -0.3 is 20.0 Å². The van der Waals surface area contributed by atoms with Crippen molar-refractivity contribution in [2.75, 3.05) is 31.1 Å². The Kier molecular flexibility index (Phi) is 4.82. The molecule has 1 fully saturated rings. The first kappa shape index (κ1) is 19.7. The molecule has 3 heterocycles. The van der Waals surface area contributed by atoms with Crippen LogP contribution in [0, 0.1) is 0 Å². The zero-order valence-corrected chi connectivity index (χ0v) is 16.6. The predicted octanol–water partition coefficient (Wildman–Crippen LogP) is -0.285. The molecule has 0 unspecified atom stereocenters. The van der Waals surface area contributed by atoms with Gasteiger partial charge in [0.05, 0.1) is 12.3 Å². The number of anilines is 1. The fraction of sp³-hybridized carbons (Fsp3) is 0.368. The fourth-order valence-corrected chi connectivity index (χ4v) is 3.78. The molecule has 4 rings (SSSR count). The molecule has 3 aromatic rings. The quantitative estimate of drug-likeness (QED) is 0.603. The van der Waals surface area contributed by atoms with Gasteiger partial charge in [0.25, 0.3) is 5.56 Å². The maximum atomic E-state index is 13.1. The van der Waals surface area contributed by atoms with Crippen LogP contribution in [-0.2, 0) is 20.7 Å². The maximum Gasteiger partial charge on any atom is 0.407 e. The molecule has 0 atom stereocenters. The van der Waals surface area contributed by atoms with Gasteiger partial charge in [0.15, 0.2) is 11.2 Å². The Morgan fingerprint density at radius 3 is 2.37 bits per heavy atom. The van der Waals surface area contributed by atoms with Crippen LogP contribution in [0.4, 0.5) is 10.7 Å². The van der Waals surface area contributed by atoms with Gasteiger partial charge in [0.2, 0.25) is 5.95 Å². The summed E-state index contributed by atoms with van der Waals surface area (Å²) in [6.07, 6.45) is -0.981. The van der Waals surface area contributed by atoms with Crippen LogP contribution >= 0.6 is 0 Å². The standard InChI is InChI=1S/C19H22N6O5/c1-21-15-14(16(27)22(2)18(21)28)25(13-6-4-3-5-12(13)11-26)17(20-15)23-7-9-24(10-8-23)19(29)30/h3-6,26H,7-11H2,1-2H3,(H,29,30). The summed E-state index contributed by atoms with van der Waals surface area (Å²) >= 11 is 0. The van der Waals surface area contributed by atoms with Gasteiger partial charge in [-0.3, -0.25) is 18.5 Å². The highest BCUT2D eigenvalue weighted by Crippen LogP contribution is 2.27. The van der Waals surface area contributed by atoms with Gasteiger partial charge in [-0.1, -0.05) is 18.2 Å². The second-order valence-electron chi connectivity index (χ2n) is 7.17. The summed E-state index contributed by atoms with van der Waals surface area (Å²) in [6, 6.07) is 7.10. The monoisotopic (exact) mass is 414 g/mol. The van der Waals surface area contributed by atoms with E-state index < -0.39 is 17.3 Å². The van der Waals surface area contributed by atoms with Crippen LogP contribution in [0.25, 0.3) is 16.9 Å². The van der Waals surface area contributed by atoms with Crippen LogP contribution in [-0.4, -0.2) is 66.1 Å². The van der Waals surface area contributed by atoms with Crippen LogP contribution in [0.2, 0.25) is 0 Å². The Labute approximate surface area is 170 Å². The molecule has 0 radical (unpaired) electrons. The molecule has 11 heteroatoms. The number of para-hydroxylation sites is 1. The third-order valence-electron chi connectivity index (χ3n) is 5.48. The molecular formula is C19H22N6O5. The lowest BCUT2D eigenvalue weighted by atomic mass is 10.2. The van der Waals surface area contributed by atoms with Gasteiger partial charge in [-0.15, -0.1) is 0 Å². The van der Waals surface area contributed by atoms with Crippen molar-refractivity contribution in [2.45, 2.75) is 6.61 Å². The fourth-order valence-electron chi connectivity index (χ4n) is 3.78. The molecule has 0 aliphatic carbocycles. The number of carbonyl (C=O) groups is 1. The van der Waals surface area contributed by atoms with Crippen LogP contribution in [0.3, 0.4) is 0 Å². The molecule has 0 saturated carbocycles. The molecule has 158 valence electrons. The summed E-state index contributed by atoms with van der Waals surface area (Å²) in [5.41, 5.74) is 0.633. The number of aromatic nitrogens is 4. The number of imidazole rings is 1. The van der Waals surface area contributed by atoms with Gasteiger partial charge in [-0.25, -0.2) is 9.59 Å². The van der Waals surface area contributed by atoms with Gasteiger partial charge >= 0.3 is 11.8 Å². The zero-order chi connectivity index (χ0) is 21.6. The number of aliphatic hydroxyl groups excluding tert-OH is 1. The summed E-state index contributed by atoms with van der Waals surface area (Å²) in [4.78, 5) is 44.6. The largest absolute Gasteiger partial charge is 0.465 e. The molecule has 2 N–H and O–H groups in total. The molecule has 1 aliphatic heterocycles. The summed E-state index contributed by atoms with van der Waals surface area (Å²) < 4.78 is 3.99. The van der Waals surface area contributed by atoms with Crippen LogP contribution < -0.4 is 16.1 Å². The van der Waals surface area contributed by atoms with E-state index in [9.17, 15) is 24.6 Å². The minimum absolute atomic E-state index is 0.219. The molecule has 1 aliphatic rings. The normalized spacial score (nSPS) is 14.5. The Morgan fingerprint density at radius 1 is 1.07 bits per heavy atom. The molecule has 1 aromatic carbocycles. The first-order valence-corrected chi connectivity index (χ1v) is 9.45. The number of hydrogen-bond donors (Lipinski definition) is 2. The van der Waals surface area contributed by atoms with E-state index in [1.54, 1.807) is 35.9 Å². The van der Waals surface area contributed by atoms with E-state index in [0.717, 1.165) is 4.57 Å². The van der Waals surface area contributed by atoms with E-state index >= 15 is 0 Å². The highest BCUT2D eigenvalue weighted by atomic mass is 16.4. The molecule has 1 saturated heterocycles. The Balaban J connectivity index is 2.00. The molecular weight excluding hydrogens is 392 g/mol. The summed E-state index contributed by atoms with van der Waals surface area (Å²) in [5.74, 6) is 0.425. The number of carboxylic acid groups (broad SMARTS) is 1. The molecule has 1 amide bonds. The number of aliphatic hydroxyl groups is 1. The molecule has 11 nitrogen and oxygen atoms in total. The van der Waals surface area contributed by atoms with Crippen molar-refractivity contribution in [3.05, 3.63) is 50.7 Å². The first-order valence-electron chi connectivity index (χ1n) is 9.45. The summed E-state index contributed by atoms with van der Waals surface area (Å²) in [6.45, 7) is 1.10. The molecule has 0 bridgehead atoms. The average Bonchev–Trinajstić information content (AvgIpc) is 3.16. The number of nitrogens with zero attached hydrogens (tertiary/aromatic N) is 6. The van der Waals surface area contributed by atoms with Crippen LogP contribution in [0.15, 0.2) is 33.9 Å². The molecule has 30 heavy (non-hydrogen) atoms. The lowest BCUT2D eigenvalue weighted by molar-refractivity contribution is 0.142. The third kappa shape index (κ3) is 2.94. The van der Waals surface area contributed by atoms with E-state index in [2.05, 4.69) is 4.98 Å². The smallest absolute Gasteiger partial charge is 0.407 e. The predicted molar refractivity (Wildman–Crippen MR) is 109 cm³/mol. The van der Waals surface area contributed by atoms with Crippen molar-refractivity contribution in [2.24, 2.45) is 14.1 Å². The summed E-state index contributed by atoms with van der Waals surface area (Å²) in [7, 11) is 2.95. The minimum atomic E-state index is -0.981. The lowest BCUT2D eigenvalue weighted by Crippen LogP contribution is -2.49. The third-order valence-corrected chi connectivity index (χ3v) is 5.48. The molecule has 0 spiro atoms. The SMILES string of the molecule is Cn1c(=O)c2c(nc(N3CCN(C(=O)O)CC3)n2-c2ccccc2CO)n(C)c1=O. The number of amides is 1. The van der Waals surface area contributed by atoms with E-state index in [1.165, 1.54) is 16.5 Å². The van der Waals surface area contributed by atoms with Crippen molar-refractivity contribution in [3.8, 4) is 5.69 Å². The average molecular weight is 414 g/mol. The lowest BCUT2D eigenvalue weighted by Gasteiger charge is -2.34. The van der Waals surface area contributed by atoms with E-state index in [0.29, 0.717) is 30.3 Å². The van der Waals surface area contributed by atoms with Crippen LogP contribution in [0.1, 0.15) is 5.56 Å². The van der Waals surface area contributed by atoms with Crippen molar-refractivity contribution in [3.63, 3.8) is 0 Å². The van der Waals surface area contributed by atoms with Crippen LogP contribution in [0.5, 0.6) is 0 Å². The Morgan fingerprint density at radius 2 is 1.73 bits per heavy atom. The minimum Gasteiger partial charge on any atom is -0.465 e.